The van der Waals surface area contributed by atoms with E-state index in [2.05, 4.69) is 35.2 Å². The molecule has 0 saturated carbocycles. The van der Waals surface area contributed by atoms with E-state index in [4.69, 9.17) is 5.73 Å². The van der Waals surface area contributed by atoms with Crippen LogP contribution < -0.4 is 5.73 Å². The van der Waals surface area contributed by atoms with Gasteiger partial charge in [0, 0.05) is 23.5 Å². The average molecular weight is 227 g/mol. The van der Waals surface area contributed by atoms with Gasteiger partial charge >= 0.3 is 0 Å². The summed E-state index contributed by atoms with van der Waals surface area (Å²) in [7, 11) is 0. The Bertz CT molecular complexity index is 578. The maximum Gasteiger partial charge on any atom is 0.0953 e. The summed E-state index contributed by atoms with van der Waals surface area (Å²) >= 11 is 0. The second kappa shape index (κ2) is 3.70. The fourth-order valence-corrected chi connectivity index (χ4v) is 2.42. The summed E-state index contributed by atoms with van der Waals surface area (Å²) in [6.45, 7) is 2.12. The number of rotatable bonds is 1. The number of hydrogen-bond donors (Lipinski definition) is 2. The van der Waals surface area contributed by atoms with Crippen molar-refractivity contribution in [2.75, 3.05) is 0 Å². The molecular weight excluding hydrogens is 210 g/mol. The summed E-state index contributed by atoms with van der Waals surface area (Å²) in [4.78, 5) is 7.72. The van der Waals surface area contributed by atoms with Gasteiger partial charge in [-0.1, -0.05) is 6.08 Å². The highest BCUT2D eigenvalue weighted by atomic mass is 14.8. The van der Waals surface area contributed by atoms with Crippen LogP contribution in [0.1, 0.15) is 31.7 Å². The van der Waals surface area contributed by atoms with Crippen molar-refractivity contribution in [3.63, 3.8) is 0 Å². The average Bonchev–Trinajstić information content (AvgIpc) is 2.73. The lowest BCUT2D eigenvalue weighted by molar-refractivity contribution is 0.432. The van der Waals surface area contributed by atoms with Crippen LogP contribution in [0.5, 0.6) is 0 Å². The number of pyridine rings is 1. The van der Waals surface area contributed by atoms with Gasteiger partial charge in [0.25, 0.3) is 0 Å². The van der Waals surface area contributed by atoms with Gasteiger partial charge in [-0.15, -0.1) is 0 Å². The normalized spacial score (nSPS) is 24.9. The lowest BCUT2D eigenvalue weighted by Gasteiger charge is -2.28. The topological polar surface area (TPSA) is 54.7 Å². The zero-order valence-electron chi connectivity index (χ0n) is 10.0. The maximum atomic E-state index is 6.14. The van der Waals surface area contributed by atoms with Gasteiger partial charge < -0.3 is 10.7 Å². The molecule has 17 heavy (non-hydrogen) atoms. The first-order valence-electron chi connectivity index (χ1n) is 6.06. The minimum Gasteiger partial charge on any atom is -0.359 e. The number of allylic oxidation sites excluding steroid dienone is 1. The van der Waals surface area contributed by atoms with Gasteiger partial charge in [0.2, 0.25) is 0 Å². The van der Waals surface area contributed by atoms with Crippen molar-refractivity contribution >= 4 is 16.6 Å². The van der Waals surface area contributed by atoms with Gasteiger partial charge in [-0.05, 0) is 43.9 Å². The lowest BCUT2D eigenvalue weighted by Crippen LogP contribution is -2.36. The smallest absolute Gasteiger partial charge is 0.0953 e. The molecule has 3 N–H and O–H groups in total. The fraction of sp³-hybridized carbons (Fsp3) is 0.357. The van der Waals surface area contributed by atoms with Crippen LogP contribution in [-0.2, 0) is 0 Å². The van der Waals surface area contributed by atoms with Crippen molar-refractivity contribution in [2.24, 2.45) is 5.73 Å². The third kappa shape index (κ3) is 1.87. The molecule has 3 rings (SSSR count). The summed E-state index contributed by atoms with van der Waals surface area (Å²) in [6.07, 6.45) is 9.19. The number of H-pyrrole nitrogens is 1. The van der Waals surface area contributed by atoms with Crippen molar-refractivity contribution in [3.05, 3.63) is 36.2 Å². The summed E-state index contributed by atoms with van der Waals surface area (Å²) in [5, 5.41) is 0. The third-order valence-corrected chi connectivity index (χ3v) is 3.56. The van der Waals surface area contributed by atoms with Crippen molar-refractivity contribution in [3.8, 4) is 0 Å². The van der Waals surface area contributed by atoms with Crippen LogP contribution in [0.4, 0.5) is 0 Å². The van der Waals surface area contributed by atoms with E-state index < -0.39 is 0 Å². The Balaban J connectivity index is 2.03. The highest BCUT2D eigenvalue weighted by Gasteiger charge is 2.23. The number of nitrogens with zero attached hydrogens (tertiary/aromatic N) is 1. The number of fused-ring (bicyclic) bond motifs is 1. The molecule has 0 spiro atoms. The molecule has 0 aliphatic heterocycles. The first kappa shape index (κ1) is 10.5. The predicted octanol–water partition coefficient (Wildman–Crippen LogP) is 2.85. The highest BCUT2D eigenvalue weighted by Crippen LogP contribution is 2.33. The fourth-order valence-electron chi connectivity index (χ4n) is 2.42. The van der Waals surface area contributed by atoms with Crippen LogP contribution in [0.2, 0.25) is 0 Å². The molecule has 1 aliphatic rings. The molecule has 0 bridgehead atoms. The molecule has 3 nitrogen and oxygen atoms in total. The van der Waals surface area contributed by atoms with E-state index in [1.807, 2.05) is 12.3 Å². The molecule has 2 aromatic heterocycles. The van der Waals surface area contributed by atoms with Crippen molar-refractivity contribution in [2.45, 2.75) is 31.7 Å². The molecule has 88 valence electrons. The van der Waals surface area contributed by atoms with Crippen molar-refractivity contribution in [1.82, 2.24) is 9.97 Å². The molecule has 0 radical (unpaired) electrons. The SMILES string of the molecule is CC1(N)CC=C(c2c[nH]c3cccnc23)CC1. The van der Waals surface area contributed by atoms with Crippen LogP contribution in [0.15, 0.2) is 30.6 Å². The van der Waals surface area contributed by atoms with Crippen LogP contribution in [0.3, 0.4) is 0 Å². The van der Waals surface area contributed by atoms with Crippen LogP contribution in [0, 0.1) is 0 Å². The number of aromatic nitrogens is 2. The molecule has 1 aliphatic carbocycles. The molecule has 2 aromatic rings. The molecule has 0 saturated heterocycles. The van der Waals surface area contributed by atoms with E-state index in [9.17, 15) is 0 Å². The number of nitrogens with two attached hydrogens (primary N) is 1. The summed E-state index contributed by atoms with van der Waals surface area (Å²) in [5.74, 6) is 0. The van der Waals surface area contributed by atoms with Crippen LogP contribution in [0.25, 0.3) is 16.6 Å². The van der Waals surface area contributed by atoms with E-state index in [0.717, 1.165) is 30.3 Å². The van der Waals surface area contributed by atoms with Gasteiger partial charge in [0.05, 0.1) is 11.0 Å². The van der Waals surface area contributed by atoms with E-state index in [1.54, 1.807) is 0 Å². The molecule has 3 heteroatoms. The Morgan fingerprint density at radius 3 is 3.12 bits per heavy atom. The van der Waals surface area contributed by atoms with E-state index in [-0.39, 0.29) is 5.54 Å². The van der Waals surface area contributed by atoms with Crippen molar-refractivity contribution < 1.29 is 0 Å². The highest BCUT2D eigenvalue weighted by molar-refractivity contribution is 5.89. The predicted molar refractivity (Wildman–Crippen MR) is 70.5 cm³/mol. The Labute approximate surface area is 101 Å². The zero-order valence-corrected chi connectivity index (χ0v) is 10.0. The zero-order chi connectivity index (χ0) is 11.9. The molecule has 0 aromatic carbocycles. The molecule has 1 atom stereocenters. The number of aromatic amines is 1. The van der Waals surface area contributed by atoms with Gasteiger partial charge in [-0.25, -0.2) is 0 Å². The maximum absolute atomic E-state index is 6.14. The molecule has 0 amide bonds. The van der Waals surface area contributed by atoms with Gasteiger partial charge in [-0.2, -0.15) is 0 Å². The second-order valence-electron chi connectivity index (χ2n) is 5.19. The Kier molecular flexibility index (Phi) is 2.30. The summed E-state index contributed by atoms with van der Waals surface area (Å²) in [6, 6.07) is 4.01. The number of nitrogens with one attached hydrogen (secondary N) is 1. The Morgan fingerprint density at radius 2 is 2.35 bits per heavy atom. The molecular formula is C14H17N3. The summed E-state index contributed by atoms with van der Waals surface area (Å²) < 4.78 is 0. The number of hydrogen-bond acceptors (Lipinski definition) is 2. The Morgan fingerprint density at radius 1 is 1.47 bits per heavy atom. The van der Waals surface area contributed by atoms with Crippen LogP contribution in [-0.4, -0.2) is 15.5 Å². The molecule has 2 heterocycles. The quantitative estimate of drug-likeness (QED) is 0.787. The third-order valence-electron chi connectivity index (χ3n) is 3.56. The van der Waals surface area contributed by atoms with E-state index in [1.165, 1.54) is 11.1 Å². The van der Waals surface area contributed by atoms with Crippen molar-refractivity contribution in [1.29, 1.82) is 0 Å². The van der Waals surface area contributed by atoms with Gasteiger partial charge in [0.15, 0.2) is 0 Å². The van der Waals surface area contributed by atoms with Gasteiger partial charge in [0.1, 0.15) is 0 Å². The summed E-state index contributed by atoms with van der Waals surface area (Å²) in [5.41, 5.74) is 10.9. The van der Waals surface area contributed by atoms with E-state index >= 15 is 0 Å². The van der Waals surface area contributed by atoms with E-state index in [0.29, 0.717) is 0 Å². The second-order valence-corrected chi connectivity index (χ2v) is 5.19. The lowest BCUT2D eigenvalue weighted by atomic mass is 9.83. The minimum absolute atomic E-state index is 0.0387. The monoisotopic (exact) mass is 227 g/mol. The standard InChI is InChI=1S/C14H17N3/c1-14(15)6-4-10(5-7-14)11-9-17-12-3-2-8-16-13(11)12/h2-4,8-9,17H,5-7,15H2,1H3. The van der Waals surface area contributed by atoms with Crippen LogP contribution >= 0.6 is 0 Å². The van der Waals surface area contributed by atoms with Gasteiger partial charge in [-0.3, -0.25) is 4.98 Å². The largest absolute Gasteiger partial charge is 0.359 e. The first-order chi connectivity index (χ1) is 8.16. The molecule has 0 fully saturated rings. The molecule has 1 unspecified atom stereocenters. The first-order valence-corrected chi connectivity index (χ1v) is 6.06. The Hall–Kier alpha value is -1.61. The minimum atomic E-state index is -0.0387.